The van der Waals surface area contributed by atoms with Crippen molar-refractivity contribution in [2.24, 2.45) is 5.73 Å². The van der Waals surface area contributed by atoms with Crippen molar-refractivity contribution in [2.75, 3.05) is 5.73 Å². The van der Waals surface area contributed by atoms with Crippen LogP contribution in [-0.4, -0.2) is 16.4 Å². The van der Waals surface area contributed by atoms with Crippen LogP contribution in [0.4, 0.5) is 11.4 Å². The second-order valence-corrected chi connectivity index (χ2v) is 3.13. The Morgan fingerprint density at radius 1 is 1.47 bits per heavy atom. The number of anilines is 1. The summed E-state index contributed by atoms with van der Waals surface area (Å²) in [5, 5.41) is 18.1. The molecule has 0 spiro atoms. The fourth-order valence-corrected chi connectivity index (χ4v) is 1.18. The van der Waals surface area contributed by atoms with Gasteiger partial charge in [-0.15, -0.1) is 0 Å². The first-order chi connectivity index (χ1) is 7.97. The first-order valence-electron chi connectivity index (χ1n) is 4.52. The number of nitro groups is 1. The Kier molecular flexibility index (Phi) is 3.55. The highest BCUT2D eigenvalue weighted by Crippen LogP contribution is 2.20. The third-order valence-corrected chi connectivity index (χ3v) is 2.01. The lowest BCUT2D eigenvalue weighted by Gasteiger charge is -2.04. The summed E-state index contributed by atoms with van der Waals surface area (Å²) < 4.78 is 0. The van der Waals surface area contributed by atoms with Crippen LogP contribution >= 0.6 is 0 Å². The predicted molar refractivity (Wildman–Crippen MR) is 62.7 cm³/mol. The minimum Gasteiger partial charge on any atom is -0.404 e. The molecule has 88 valence electrons. The van der Waals surface area contributed by atoms with Crippen LogP contribution in [-0.2, 0) is 4.79 Å². The number of nitrogens with two attached hydrogens (primary N) is 2. The van der Waals surface area contributed by atoms with Gasteiger partial charge in [0, 0.05) is 29.5 Å². The van der Waals surface area contributed by atoms with Crippen molar-refractivity contribution in [1.82, 2.24) is 0 Å². The number of non-ortho nitro benzene ring substituents is 1. The molecule has 0 aromatic heterocycles. The number of ketones is 1. The quantitative estimate of drug-likeness (QED) is 0.230. The number of hydrogen-bond donors (Lipinski definition) is 3. The maximum absolute atomic E-state index is 11.4. The molecule has 0 amide bonds. The van der Waals surface area contributed by atoms with Gasteiger partial charge >= 0.3 is 0 Å². The van der Waals surface area contributed by atoms with E-state index < -0.39 is 16.4 Å². The van der Waals surface area contributed by atoms with E-state index in [1.165, 1.54) is 12.1 Å². The maximum atomic E-state index is 11.4. The van der Waals surface area contributed by atoms with Crippen LogP contribution in [0.15, 0.2) is 30.5 Å². The normalized spacial score (nSPS) is 10.4. The van der Waals surface area contributed by atoms with Gasteiger partial charge in [-0.1, -0.05) is 0 Å². The summed E-state index contributed by atoms with van der Waals surface area (Å²) in [4.78, 5) is 21.3. The zero-order chi connectivity index (χ0) is 13.0. The van der Waals surface area contributed by atoms with Crippen molar-refractivity contribution in [3.8, 4) is 0 Å². The molecular formula is C10H10N4O3. The summed E-state index contributed by atoms with van der Waals surface area (Å²) in [5.41, 5.74) is 10.0. The Balaban J connectivity index is 3.21. The molecule has 1 aromatic rings. The van der Waals surface area contributed by atoms with E-state index >= 15 is 0 Å². The largest absolute Gasteiger partial charge is 0.404 e. The molecule has 0 atom stereocenters. The van der Waals surface area contributed by atoms with Gasteiger partial charge in [0.05, 0.1) is 4.92 Å². The SMILES string of the molecule is N=C(C(=O)C=CN)c1cc([N+](=O)[O-])ccc1N. The third-order valence-electron chi connectivity index (χ3n) is 2.01. The fraction of sp³-hybridized carbons (Fsp3) is 0. The van der Waals surface area contributed by atoms with Gasteiger partial charge in [-0.2, -0.15) is 0 Å². The highest BCUT2D eigenvalue weighted by atomic mass is 16.6. The lowest BCUT2D eigenvalue weighted by molar-refractivity contribution is -0.384. The zero-order valence-corrected chi connectivity index (χ0v) is 8.71. The number of nitrogens with zero attached hydrogens (tertiary/aromatic N) is 1. The lowest BCUT2D eigenvalue weighted by atomic mass is 10.0. The molecule has 1 rings (SSSR count). The van der Waals surface area contributed by atoms with E-state index in [1.807, 2.05) is 0 Å². The molecule has 17 heavy (non-hydrogen) atoms. The molecule has 7 nitrogen and oxygen atoms in total. The Morgan fingerprint density at radius 3 is 2.65 bits per heavy atom. The molecule has 0 fully saturated rings. The molecule has 0 bridgehead atoms. The average Bonchev–Trinajstić information content (AvgIpc) is 2.28. The van der Waals surface area contributed by atoms with Crippen LogP contribution in [0.1, 0.15) is 5.56 Å². The van der Waals surface area contributed by atoms with E-state index in [9.17, 15) is 14.9 Å². The summed E-state index contributed by atoms with van der Waals surface area (Å²) in [6.45, 7) is 0. The maximum Gasteiger partial charge on any atom is 0.270 e. The van der Waals surface area contributed by atoms with E-state index in [0.29, 0.717) is 0 Å². The van der Waals surface area contributed by atoms with Gasteiger partial charge < -0.3 is 11.5 Å². The fourth-order valence-electron chi connectivity index (χ4n) is 1.18. The lowest BCUT2D eigenvalue weighted by Crippen LogP contribution is -2.14. The minimum atomic E-state index is -0.667. The van der Waals surface area contributed by atoms with Crippen molar-refractivity contribution in [3.63, 3.8) is 0 Å². The second-order valence-electron chi connectivity index (χ2n) is 3.13. The van der Waals surface area contributed by atoms with Gasteiger partial charge in [0.25, 0.3) is 5.69 Å². The smallest absolute Gasteiger partial charge is 0.270 e. The summed E-state index contributed by atoms with van der Waals surface area (Å²) in [7, 11) is 0. The van der Waals surface area contributed by atoms with Gasteiger partial charge in [-0.25, -0.2) is 0 Å². The number of rotatable bonds is 4. The second kappa shape index (κ2) is 4.88. The molecule has 0 aliphatic rings. The number of allylic oxidation sites excluding steroid dienone is 1. The Bertz CT molecular complexity index is 522. The van der Waals surface area contributed by atoms with Crippen LogP contribution < -0.4 is 11.5 Å². The number of nitro benzene ring substituents is 1. The van der Waals surface area contributed by atoms with E-state index in [-0.39, 0.29) is 16.9 Å². The molecule has 0 unspecified atom stereocenters. The standard InChI is InChI=1S/C10H10N4O3/c11-4-3-9(15)10(13)7-5-6(14(16)17)1-2-8(7)12/h1-5,13H,11-12H2. The van der Waals surface area contributed by atoms with Gasteiger partial charge in [-0.3, -0.25) is 20.3 Å². The number of carbonyl (C=O) groups is 1. The van der Waals surface area contributed by atoms with Gasteiger partial charge in [0.2, 0.25) is 5.78 Å². The average molecular weight is 234 g/mol. The van der Waals surface area contributed by atoms with Crippen LogP contribution in [0.5, 0.6) is 0 Å². The molecule has 0 saturated carbocycles. The van der Waals surface area contributed by atoms with Crippen molar-refractivity contribution >= 4 is 22.9 Å². The molecule has 1 aromatic carbocycles. The molecule has 0 aliphatic heterocycles. The van der Waals surface area contributed by atoms with Crippen molar-refractivity contribution in [1.29, 1.82) is 5.41 Å². The van der Waals surface area contributed by atoms with Gasteiger partial charge in [-0.05, 0) is 12.3 Å². The highest BCUT2D eigenvalue weighted by Gasteiger charge is 2.16. The van der Waals surface area contributed by atoms with Gasteiger partial charge in [0.15, 0.2) is 0 Å². The van der Waals surface area contributed by atoms with Crippen LogP contribution in [0.2, 0.25) is 0 Å². The number of benzene rings is 1. The first-order valence-corrected chi connectivity index (χ1v) is 4.52. The number of nitrogen functional groups attached to an aromatic ring is 1. The number of hydrogen-bond acceptors (Lipinski definition) is 6. The first kappa shape index (κ1) is 12.4. The van der Waals surface area contributed by atoms with Crippen LogP contribution in [0, 0.1) is 15.5 Å². The minimum absolute atomic E-state index is 0.0160. The van der Waals surface area contributed by atoms with Crippen molar-refractivity contribution < 1.29 is 9.72 Å². The van der Waals surface area contributed by atoms with Crippen molar-refractivity contribution in [2.45, 2.75) is 0 Å². The van der Waals surface area contributed by atoms with Gasteiger partial charge in [0.1, 0.15) is 5.71 Å². The summed E-state index contributed by atoms with van der Waals surface area (Å²) in [6.07, 6.45) is 1.98. The monoisotopic (exact) mass is 234 g/mol. The molecule has 7 heteroatoms. The van der Waals surface area contributed by atoms with Crippen LogP contribution in [0.25, 0.3) is 0 Å². The Hall–Kier alpha value is -2.70. The number of carbonyl (C=O) groups excluding carboxylic acids is 1. The van der Waals surface area contributed by atoms with E-state index in [0.717, 1.165) is 18.3 Å². The van der Waals surface area contributed by atoms with Crippen molar-refractivity contribution in [3.05, 3.63) is 46.2 Å². The Labute approximate surface area is 96.4 Å². The molecule has 0 aliphatic carbocycles. The topological polar surface area (TPSA) is 136 Å². The molecular weight excluding hydrogens is 224 g/mol. The van der Waals surface area contributed by atoms with E-state index in [4.69, 9.17) is 16.9 Å². The summed E-state index contributed by atoms with van der Waals surface area (Å²) >= 11 is 0. The summed E-state index contributed by atoms with van der Waals surface area (Å²) in [5.74, 6) is -0.667. The van der Waals surface area contributed by atoms with Crippen LogP contribution in [0.3, 0.4) is 0 Å². The Morgan fingerprint density at radius 2 is 2.12 bits per heavy atom. The number of nitrogens with one attached hydrogen (secondary N) is 1. The molecule has 0 saturated heterocycles. The molecule has 5 N–H and O–H groups in total. The highest BCUT2D eigenvalue weighted by molar-refractivity contribution is 6.49. The molecule has 0 heterocycles. The third kappa shape index (κ3) is 2.65. The summed E-state index contributed by atoms with van der Waals surface area (Å²) in [6, 6.07) is 3.57. The van der Waals surface area contributed by atoms with E-state index in [1.54, 1.807) is 0 Å². The molecule has 0 radical (unpaired) electrons. The van der Waals surface area contributed by atoms with E-state index in [2.05, 4.69) is 0 Å². The predicted octanol–water partition coefficient (Wildman–Crippen LogP) is 0.586. The zero-order valence-electron chi connectivity index (χ0n) is 8.71.